The lowest BCUT2D eigenvalue weighted by Gasteiger charge is -2.16. The highest BCUT2D eigenvalue weighted by Gasteiger charge is 2.12. The summed E-state index contributed by atoms with van der Waals surface area (Å²) in [5.74, 6) is -0.00973. The maximum absolute atomic E-state index is 12.3. The zero-order valence-corrected chi connectivity index (χ0v) is 16.2. The third-order valence-corrected chi connectivity index (χ3v) is 5.67. The van der Waals surface area contributed by atoms with Crippen molar-refractivity contribution in [3.8, 4) is 10.6 Å². The first-order valence-corrected chi connectivity index (χ1v) is 9.87. The number of likely N-dealkylation sites (N-methyl/N-ethyl adjacent to an activating group) is 1. The van der Waals surface area contributed by atoms with Crippen LogP contribution in [-0.2, 0) is 11.3 Å². The number of nitrogens with one attached hydrogen (secondary N) is 1. The average molecular weight is 372 g/mol. The Hall–Kier alpha value is -2.02. The molecule has 2 aromatic heterocycles. The summed E-state index contributed by atoms with van der Waals surface area (Å²) in [6.45, 7) is 5.06. The van der Waals surface area contributed by atoms with Crippen LogP contribution in [0.15, 0.2) is 40.4 Å². The SMILES string of the molecule is Cc1cccc(NC(=O)CN(C)Cc2csc(-c3ccsc3)n2)c1C. The van der Waals surface area contributed by atoms with Crippen molar-refractivity contribution in [2.45, 2.75) is 20.4 Å². The highest BCUT2D eigenvalue weighted by atomic mass is 32.1. The number of aryl methyl sites for hydroxylation is 1. The summed E-state index contributed by atoms with van der Waals surface area (Å²) in [5, 5.41) is 10.2. The molecule has 3 aromatic rings. The summed E-state index contributed by atoms with van der Waals surface area (Å²) in [6, 6.07) is 8.02. The Morgan fingerprint density at radius 3 is 2.84 bits per heavy atom. The van der Waals surface area contributed by atoms with Crippen molar-refractivity contribution in [1.82, 2.24) is 9.88 Å². The highest BCUT2D eigenvalue weighted by molar-refractivity contribution is 7.14. The molecule has 3 rings (SSSR count). The fraction of sp³-hybridized carbons (Fsp3) is 0.263. The van der Waals surface area contributed by atoms with E-state index >= 15 is 0 Å². The largest absolute Gasteiger partial charge is 0.325 e. The number of thiazole rings is 1. The second-order valence-electron chi connectivity index (χ2n) is 6.12. The molecule has 130 valence electrons. The van der Waals surface area contributed by atoms with E-state index in [4.69, 9.17) is 0 Å². The zero-order chi connectivity index (χ0) is 17.8. The van der Waals surface area contributed by atoms with Gasteiger partial charge in [-0.05, 0) is 49.5 Å². The lowest BCUT2D eigenvalue weighted by molar-refractivity contribution is -0.117. The summed E-state index contributed by atoms with van der Waals surface area (Å²) < 4.78 is 0. The van der Waals surface area contributed by atoms with Crippen molar-refractivity contribution < 1.29 is 4.79 Å². The van der Waals surface area contributed by atoms with Gasteiger partial charge in [-0.15, -0.1) is 11.3 Å². The molecule has 0 saturated heterocycles. The van der Waals surface area contributed by atoms with Gasteiger partial charge in [0.25, 0.3) is 0 Å². The third-order valence-electron chi connectivity index (χ3n) is 4.04. The van der Waals surface area contributed by atoms with Gasteiger partial charge in [-0.1, -0.05) is 12.1 Å². The maximum Gasteiger partial charge on any atom is 0.238 e. The second-order valence-corrected chi connectivity index (χ2v) is 7.76. The summed E-state index contributed by atoms with van der Waals surface area (Å²) in [7, 11) is 1.94. The molecule has 0 atom stereocenters. The van der Waals surface area contributed by atoms with E-state index < -0.39 is 0 Å². The molecular weight excluding hydrogens is 350 g/mol. The van der Waals surface area contributed by atoms with Crippen LogP contribution in [-0.4, -0.2) is 29.4 Å². The van der Waals surface area contributed by atoms with Crippen LogP contribution in [0.25, 0.3) is 10.6 Å². The zero-order valence-electron chi connectivity index (χ0n) is 14.6. The van der Waals surface area contributed by atoms with Gasteiger partial charge in [-0.2, -0.15) is 11.3 Å². The number of thiophene rings is 1. The Kier molecular flexibility index (Phi) is 5.63. The third kappa shape index (κ3) is 4.54. The molecule has 0 unspecified atom stereocenters. The molecule has 0 saturated carbocycles. The van der Waals surface area contributed by atoms with Crippen LogP contribution < -0.4 is 5.32 Å². The summed E-state index contributed by atoms with van der Waals surface area (Å²) in [6.07, 6.45) is 0. The molecule has 1 amide bonds. The summed E-state index contributed by atoms with van der Waals surface area (Å²) in [5.41, 5.74) is 5.32. The van der Waals surface area contributed by atoms with Crippen LogP contribution in [0.3, 0.4) is 0 Å². The highest BCUT2D eigenvalue weighted by Crippen LogP contribution is 2.26. The maximum atomic E-state index is 12.3. The van der Waals surface area contributed by atoms with E-state index in [-0.39, 0.29) is 5.91 Å². The van der Waals surface area contributed by atoms with E-state index in [0.29, 0.717) is 13.1 Å². The number of anilines is 1. The first-order valence-electron chi connectivity index (χ1n) is 8.04. The van der Waals surface area contributed by atoms with Gasteiger partial charge >= 0.3 is 0 Å². The number of hydrogen-bond acceptors (Lipinski definition) is 5. The number of benzene rings is 1. The van der Waals surface area contributed by atoms with Gasteiger partial charge in [-0.3, -0.25) is 9.69 Å². The molecule has 0 aliphatic heterocycles. The lowest BCUT2D eigenvalue weighted by Crippen LogP contribution is -2.30. The van der Waals surface area contributed by atoms with Gasteiger partial charge in [0, 0.05) is 28.6 Å². The van der Waals surface area contributed by atoms with Crippen molar-refractivity contribution >= 4 is 34.3 Å². The Bertz CT molecular complexity index is 855. The average Bonchev–Trinajstić information content (AvgIpc) is 3.22. The van der Waals surface area contributed by atoms with E-state index in [1.165, 1.54) is 5.56 Å². The number of carbonyl (C=O) groups excluding carboxylic acids is 1. The van der Waals surface area contributed by atoms with Gasteiger partial charge in [0.1, 0.15) is 5.01 Å². The summed E-state index contributed by atoms with van der Waals surface area (Å²) in [4.78, 5) is 18.9. The first kappa shape index (κ1) is 17.8. The topological polar surface area (TPSA) is 45.2 Å². The van der Waals surface area contributed by atoms with E-state index in [2.05, 4.69) is 32.5 Å². The van der Waals surface area contributed by atoms with Crippen LogP contribution in [0.5, 0.6) is 0 Å². The molecule has 0 aliphatic carbocycles. The Morgan fingerprint density at radius 1 is 1.24 bits per heavy atom. The molecule has 6 heteroatoms. The standard InChI is InChI=1S/C19H21N3OS2/c1-13-5-4-6-17(14(13)2)21-18(23)10-22(3)9-16-12-25-19(20-16)15-7-8-24-11-15/h4-8,11-12H,9-10H2,1-3H3,(H,21,23). The number of hydrogen-bond donors (Lipinski definition) is 1. The Balaban J connectivity index is 1.56. The first-order chi connectivity index (χ1) is 12.0. The Labute approximate surface area is 156 Å². The molecule has 0 aliphatic rings. The van der Waals surface area contributed by atoms with Crippen molar-refractivity contribution in [2.75, 3.05) is 18.9 Å². The van der Waals surface area contributed by atoms with E-state index in [0.717, 1.165) is 27.5 Å². The molecule has 1 N–H and O–H groups in total. The van der Waals surface area contributed by atoms with Crippen molar-refractivity contribution in [2.24, 2.45) is 0 Å². The van der Waals surface area contributed by atoms with Gasteiger partial charge in [0.05, 0.1) is 12.2 Å². The van der Waals surface area contributed by atoms with E-state index in [1.54, 1.807) is 22.7 Å². The fourth-order valence-electron chi connectivity index (χ4n) is 2.55. The predicted octanol–water partition coefficient (Wildman–Crippen LogP) is 4.56. The van der Waals surface area contributed by atoms with Crippen molar-refractivity contribution in [3.05, 3.63) is 57.2 Å². The minimum Gasteiger partial charge on any atom is -0.325 e. The minimum absolute atomic E-state index is 0.00973. The molecule has 0 fully saturated rings. The fourth-order valence-corrected chi connectivity index (χ4v) is 4.08. The smallest absolute Gasteiger partial charge is 0.238 e. The normalized spacial score (nSPS) is 11.0. The molecule has 0 spiro atoms. The van der Waals surface area contributed by atoms with Gasteiger partial charge in [0.2, 0.25) is 5.91 Å². The van der Waals surface area contributed by atoms with Crippen molar-refractivity contribution in [1.29, 1.82) is 0 Å². The van der Waals surface area contributed by atoms with Crippen LogP contribution in [0.2, 0.25) is 0 Å². The van der Waals surface area contributed by atoms with Crippen LogP contribution in [0, 0.1) is 13.8 Å². The second kappa shape index (κ2) is 7.91. The van der Waals surface area contributed by atoms with Gasteiger partial charge in [-0.25, -0.2) is 4.98 Å². The lowest BCUT2D eigenvalue weighted by atomic mass is 10.1. The molecule has 2 heterocycles. The number of amides is 1. The Morgan fingerprint density at radius 2 is 2.08 bits per heavy atom. The predicted molar refractivity (Wildman–Crippen MR) is 106 cm³/mol. The summed E-state index contributed by atoms with van der Waals surface area (Å²) >= 11 is 3.31. The number of nitrogens with zero attached hydrogens (tertiary/aromatic N) is 2. The molecular formula is C19H21N3OS2. The molecule has 0 radical (unpaired) electrons. The molecule has 4 nitrogen and oxygen atoms in total. The molecule has 25 heavy (non-hydrogen) atoms. The molecule has 0 bridgehead atoms. The van der Waals surface area contributed by atoms with Crippen LogP contribution >= 0.6 is 22.7 Å². The minimum atomic E-state index is -0.00973. The van der Waals surface area contributed by atoms with Crippen LogP contribution in [0.4, 0.5) is 5.69 Å². The van der Waals surface area contributed by atoms with Crippen LogP contribution in [0.1, 0.15) is 16.8 Å². The number of aromatic nitrogens is 1. The monoisotopic (exact) mass is 371 g/mol. The molecule has 1 aromatic carbocycles. The van der Waals surface area contributed by atoms with E-state index in [1.807, 2.05) is 44.0 Å². The number of rotatable bonds is 6. The van der Waals surface area contributed by atoms with E-state index in [9.17, 15) is 4.79 Å². The van der Waals surface area contributed by atoms with Gasteiger partial charge in [0.15, 0.2) is 0 Å². The van der Waals surface area contributed by atoms with Gasteiger partial charge < -0.3 is 5.32 Å². The quantitative estimate of drug-likeness (QED) is 0.691. The van der Waals surface area contributed by atoms with Crippen molar-refractivity contribution in [3.63, 3.8) is 0 Å². The number of carbonyl (C=O) groups is 1.